The topological polar surface area (TPSA) is 14.1 Å². The molecule has 0 saturated heterocycles. The lowest BCUT2D eigenvalue weighted by atomic mass is 9.73. The zero-order valence-corrected chi connectivity index (χ0v) is 9.87. The Kier molecular flexibility index (Phi) is 2.27. The van der Waals surface area contributed by atoms with Gasteiger partial charge in [-0.15, -0.1) is 0 Å². The van der Waals surface area contributed by atoms with Gasteiger partial charge in [-0.25, -0.2) is 0 Å². The second kappa shape index (κ2) is 3.65. The second-order valence-electron chi connectivity index (χ2n) is 5.32. The van der Waals surface area contributed by atoms with Crippen molar-refractivity contribution in [2.45, 2.75) is 39.0 Å². The van der Waals surface area contributed by atoms with Gasteiger partial charge in [0.2, 0.25) is 0 Å². The Balaban J connectivity index is 2.13. The van der Waals surface area contributed by atoms with Gasteiger partial charge in [0.15, 0.2) is 0 Å². The Morgan fingerprint density at radius 2 is 1.81 bits per heavy atom. The minimum absolute atomic E-state index is 0.321. The molecule has 83 valence electrons. The molecule has 16 heavy (non-hydrogen) atoms. The minimum Gasteiger partial charge on any atom is -0.259 e. The molecule has 1 heterocycles. The molecule has 1 aliphatic heterocycles. The average molecular weight is 212 g/mol. The van der Waals surface area contributed by atoms with Crippen LogP contribution in [-0.4, -0.2) is 0 Å². The van der Waals surface area contributed by atoms with Gasteiger partial charge in [0.1, 0.15) is 0 Å². The summed E-state index contributed by atoms with van der Waals surface area (Å²) in [6.07, 6.45) is 8.75. The lowest BCUT2D eigenvalue weighted by molar-refractivity contribution is 0.291. The Hall–Kier alpha value is -1.24. The summed E-state index contributed by atoms with van der Waals surface area (Å²) in [6.45, 7) is 2.39. The van der Waals surface area contributed by atoms with E-state index >= 15 is 0 Å². The van der Waals surface area contributed by atoms with Gasteiger partial charge in [-0.3, -0.25) is 5.32 Å². The zero-order chi connectivity index (χ0) is 11.0. The number of fused-ring (bicyclic) bond motifs is 1. The summed E-state index contributed by atoms with van der Waals surface area (Å²) in [5.41, 5.74) is 1.66. The molecule has 1 nitrogen and oxygen atoms in total. The highest BCUT2D eigenvalue weighted by atomic mass is 14.9. The van der Waals surface area contributed by atoms with Gasteiger partial charge < -0.3 is 0 Å². The molecule has 0 spiro atoms. The molecule has 0 N–H and O–H groups in total. The third kappa shape index (κ3) is 1.46. The molecule has 1 aromatic carbocycles. The number of nitrogens with zero attached hydrogens (tertiary/aromatic N) is 1. The summed E-state index contributed by atoms with van der Waals surface area (Å²) in [7, 11) is 0. The normalized spacial score (nSPS) is 22.2. The summed E-state index contributed by atoms with van der Waals surface area (Å²) in [5, 5.41) is 7.35. The van der Waals surface area contributed by atoms with Gasteiger partial charge in [0.25, 0.3) is 0 Å². The zero-order valence-electron chi connectivity index (χ0n) is 9.87. The van der Waals surface area contributed by atoms with Gasteiger partial charge in [-0.1, -0.05) is 50.5 Å². The van der Waals surface area contributed by atoms with Crippen molar-refractivity contribution in [3.63, 3.8) is 0 Å². The molecule has 2 aliphatic rings. The van der Waals surface area contributed by atoms with Crippen molar-refractivity contribution in [3.8, 4) is 0 Å². The molecule has 0 amide bonds. The molecular formula is C15H18N. The Morgan fingerprint density at radius 3 is 2.62 bits per heavy atom. The van der Waals surface area contributed by atoms with Crippen molar-refractivity contribution in [1.29, 1.82) is 0 Å². The van der Waals surface area contributed by atoms with E-state index in [-0.39, 0.29) is 0 Å². The smallest absolute Gasteiger partial charge is 0.0541 e. The quantitative estimate of drug-likeness (QED) is 0.677. The van der Waals surface area contributed by atoms with Crippen LogP contribution in [0.3, 0.4) is 0 Å². The molecule has 0 atom stereocenters. The van der Waals surface area contributed by atoms with Crippen LogP contribution in [-0.2, 0) is 0 Å². The Morgan fingerprint density at radius 1 is 1.06 bits per heavy atom. The molecule has 0 unspecified atom stereocenters. The van der Waals surface area contributed by atoms with Crippen molar-refractivity contribution >= 4 is 11.9 Å². The minimum atomic E-state index is 0.321. The summed E-state index contributed by atoms with van der Waals surface area (Å²) in [5.74, 6) is 0. The van der Waals surface area contributed by atoms with Crippen LogP contribution in [0.2, 0.25) is 0 Å². The van der Waals surface area contributed by atoms with E-state index in [2.05, 4.69) is 31.2 Å². The van der Waals surface area contributed by atoms with Gasteiger partial charge in [0, 0.05) is 22.1 Å². The van der Waals surface area contributed by atoms with E-state index in [0.717, 1.165) is 0 Å². The average Bonchev–Trinajstić information content (AvgIpc) is 2.74. The highest BCUT2D eigenvalue weighted by Crippen LogP contribution is 2.41. The Bertz CT molecular complexity index is 506. The van der Waals surface area contributed by atoms with E-state index in [1.54, 1.807) is 0 Å². The first-order valence-corrected chi connectivity index (χ1v) is 6.30. The predicted octanol–water partition coefficient (Wildman–Crippen LogP) is 2.12. The van der Waals surface area contributed by atoms with Crippen LogP contribution in [0.4, 0.5) is 0 Å². The van der Waals surface area contributed by atoms with E-state index in [0.29, 0.717) is 5.41 Å². The summed E-state index contributed by atoms with van der Waals surface area (Å²) in [4.78, 5) is 0. The molecule has 1 heteroatoms. The van der Waals surface area contributed by atoms with E-state index in [9.17, 15) is 0 Å². The molecule has 1 saturated carbocycles. The number of rotatable bonds is 1. The summed E-state index contributed by atoms with van der Waals surface area (Å²) in [6, 6.07) is 8.60. The lowest BCUT2D eigenvalue weighted by Crippen LogP contribution is -2.31. The first kappa shape index (κ1) is 9.95. The molecular weight excluding hydrogens is 194 g/mol. The Labute approximate surface area is 96.9 Å². The van der Waals surface area contributed by atoms with E-state index in [1.165, 1.54) is 48.2 Å². The summed E-state index contributed by atoms with van der Waals surface area (Å²) < 4.78 is 0. The van der Waals surface area contributed by atoms with Crippen LogP contribution in [0.1, 0.15) is 39.0 Å². The standard InChI is InChI=1S/C15H18N/c1-15(9-5-2-6-10-15)14-13-8-4-3-7-12(13)11-16-14/h3-4,7-8,11H,2,5-6,9-10H2,1H3. The highest BCUT2D eigenvalue weighted by Gasteiger charge is 2.33. The van der Waals surface area contributed by atoms with Crippen molar-refractivity contribution in [2.75, 3.05) is 0 Å². The van der Waals surface area contributed by atoms with E-state index in [4.69, 9.17) is 5.32 Å². The fourth-order valence-corrected chi connectivity index (χ4v) is 3.08. The summed E-state index contributed by atoms with van der Waals surface area (Å²) >= 11 is 0. The molecule has 1 aromatic rings. The van der Waals surface area contributed by atoms with Crippen molar-refractivity contribution in [3.05, 3.63) is 34.7 Å². The SMILES string of the molecule is CC1(C2=c3ccccc3=C[N]2)CCCCC1. The van der Waals surface area contributed by atoms with Crippen molar-refractivity contribution in [2.24, 2.45) is 5.41 Å². The molecule has 1 radical (unpaired) electrons. The highest BCUT2D eigenvalue weighted by molar-refractivity contribution is 5.59. The molecule has 1 aliphatic carbocycles. The molecule has 0 bridgehead atoms. The van der Waals surface area contributed by atoms with Crippen LogP contribution >= 0.6 is 0 Å². The maximum Gasteiger partial charge on any atom is 0.0541 e. The monoisotopic (exact) mass is 212 g/mol. The third-order valence-corrected chi connectivity index (χ3v) is 4.08. The van der Waals surface area contributed by atoms with Crippen LogP contribution in [0.15, 0.2) is 24.3 Å². The predicted molar refractivity (Wildman–Crippen MR) is 66.9 cm³/mol. The van der Waals surface area contributed by atoms with Gasteiger partial charge >= 0.3 is 0 Å². The molecule has 1 fully saturated rings. The fraction of sp³-hybridized carbons (Fsp3) is 0.467. The first-order valence-electron chi connectivity index (χ1n) is 6.30. The van der Waals surface area contributed by atoms with Crippen molar-refractivity contribution < 1.29 is 0 Å². The van der Waals surface area contributed by atoms with Gasteiger partial charge in [-0.2, -0.15) is 0 Å². The fourth-order valence-electron chi connectivity index (χ4n) is 3.08. The molecule has 3 rings (SSSR count). The lowest BCUT2D eigenvalue weighted by Gasteiger charge is -2.34. The van der Waals surface area contributed by atoms with E-state index < -0.39 is 0 Å². The van der Waals surface area contributed by atoms with Crippen molar-refractivity contribution in [1.82, 2.24) is 5.32 Å². The second-order valence-corrected chi connectivity index (χ2v) is 5.32. The van der Waals surface area contributed by atoms with Gasteiger partial charge in [0.05, 0.1) is 5.70 Å². The maximum atomic E-state index is 4.69. The van der Waals surface area contributed by atoms with Crippen LogP contribution < -0.4 is 15.8 Å². The largest absolute Gasteiger partial charge is 0.259 e. The third-order valence-electron chi connectivity index (χ3n) is 4.08. The van der Waals surface area contributed by atoms with E-state index in [1.807, 2.05) is 6.20 Å². The van der Waals surface area contributed by atoms with Crippen LogP contribution in [0.5, 0.6) is 0 Å². The first-order chi connectivity index (χ1) is 7.80. The van der Waals surface area contributed by atoms with Gasteiger partial charge in [-0.05, 0) is 12.8 Å². The molecule has 0 aromatic heterocycles. The number of hydrogen-bond acceptors (Lipinski definition) is 0. The van der Waals surface area contributed by atoms with Crippen LogP contribution in [0.25, 0.3) is 11.9 Å². The maximum absolute atomic E-state index is 4.69. The van der Waals surface area contributed by atoms with Crippen LogP contribution in [0, 0.1) is 5.41 Å². The number of benzene rings is 1. The number of hydrogen-bond donors (Lipinski definition) is 0.